The standard InChI is InChI=1S/C18H16F4N4/c19-13-10-23-9-8-12(13)16-17(24-11-4-1-2-5-11)26-14(18(20,21)22)6-3-7-15(26)25-16/h3,6-11,24H,1-2,4-5H2. The van der Waals surface area contributed by atoms with E-state index < -0.39 is 17.7 Å². The monoisotopic (exact) mass is 364 g/mol. The second-order valence-electron chi connectivity index (χ2n) is 6.39. The number of nitrogens with one attached hydrogen (secondary N) is 1. The van der Waals surface area contributed by atoms with Crippen LogP contribution in [0.2, 0.25) is 0 Å². The van der Waals surface area contributed by atoms with Crippen LogP contribution in [0.3, 0.4) is 0 Å². The number of fused-ring (bicyclic) bond motifs is 1. The first-order valence-electron chi connectivity index (χ1n) is 8.40. The lowest BCUT2D eigenvalue weighted by atomic mass is 10.1. The van der Waals surface area contributed by atoms with Crippen LogP contribution >= 0.6 is 0 Å². The Morgan fingerprint density at radius 1 is 1.12 bits per heavy atom. The summed E-state index contributed by atoms with van der Waals surface area (Å²) in [7, 11) is 0. The number of pyridine rings is 2. The molecular weight excluding hydrogens is 348 g/mol. The Bertz CT molecular complexity index is 942. The zero-order valence-corrected chi connectivity index (χ0v) is 13.7. The Morgan fingerprint density at radius 2 is 1.88 bits per heavy atom. The van der Waals surface area contributed by atoms with Crippen molar-refractivity contribution in [2.75, 3.05) is 5.32 Å². The van der Waals surface area contributed by atoms with Crippen LogP contribution < -0.4 is 5.32 Å². The maximum Gasteiger partial charge on any atom is 0.431 e. The maximum absolute atomic E-state index is 14.3. The van der Waals surface area contributed by atoms with Gasteiger partial charge in [0.1, 0.15) is 22.9 Å². The second-order valence-corrected chi connectivity index (χ2v) is 6.39. The van der Waals surface area contributed by atoms with Crippen LogP contribution in [0.25, 0.3) is 16.9 Å². The molecule has 1 aliphatic rings. The molecule has 1 fully saturated rings. The lowest BCUT2D eigenvalue weighted by Gasteiger charge is -2.17. The summed E-state index contributed by atoms with van der Waals surface area (Å²) in [6.07, 6.45) is 1.62. The lowest BCUT2D eigenvalue weighted by molar-refractivity contribution is -0.141. The summed E-state index contributed by atoms with van der Waals surface area (Å²) < 4.78 is 55.9. The summed E-state index contributed by atoms with van der Waals surface area (Å²) in [6.45, 7) is 0. The molecule has 4 rings (SSSR count). The van der Waals surface area contributed by atoms with Crippen LogP contribution in [0, 0.1) is 5.82 Å². The highest BCUT2D eigenvalue weighted by molar-refractivity contribution is 5.77. The van der Waals surface area contributed by atoms with Crippen molar-refractivity contribution < 1.29 is 17.6 Å². The average molecular weight is 364 g/mol. The smallest absolute Gasteiger partial charge is 0.367 e. The number of alkyl halides is 3. The molecular formula is C18H16F4N4. The predicted octanol–water partition coefficient (Wildman–Crippen LogP) is 4.91. The van der Waals surface area contributed by atoms with Gasteiger partial charge in [0, 0.05) is 17.8 Å². The quantitative estimate of drug-likeness (QED) is 0.672. The highest BCUT2D eigenvalue weighted by Crippen LogP contribution is 2.37. The number of hydrogen-bond donors (Lipinski definition) is 1. The molecule has 1 N–H and O–H groups in total. The second kappa shape index (κ2) is 6.26. The Labute approximate surface area is 146 Å². The topological polar surface area (TPSA) is 42.2 Å². The van der Waals surface area contributed by atoms with E-state index in [9.17, 15) is 17.6 Å². The van der Waals surface area contributed by atoms with E-state index in [1.54, 1.807) is 0 Å². The summed E-state index contributed by atoms with van der Waals surface area (Å²) in [5, 5.41) is 3.18. The Morgan fingerprint density at radius 3 is 2.58 bits per heavy atom. The number of aromatic nitrogens is 3. The number of halogens is 4. The van der Waals surface area contributed by atoms with Gasteiger partial charge in [-0.25, -0.2) is 9.37 Å². The lowest BCUT2D eigenvalue weighted by Crippen LogP contribution is -2.19. The first-order chi connectivity index (χ1) is 12.4. The number of rotatable bonds is 3. The van der Waals surface area contributed by atoms with Crippen molar-refractivity contribution in [1.29, 1.82) is 0 Å². The Kier molecular flexibility index (Phi) is 4.05. The fourth-order valence-corrected chi connectivity index (χ4v) is 3.47. The number of hydrogen-bond acceptors (Lipinski definition) is 3. The SMILES string of the molecule is Fc1cnccc1-c1nc2cccc(C(F)(F)F)n2c1NC1CCCC1. The average Bonchev–Trinajstić information content (AvgIpc) is 3.23. The van der Waals surface area contributed by atoms with Crippen molar-refractivity contribution in [3.8, 4) is 11.3 Å². The van der Waals surface area contributed by atoms with E-state index in [-0.39, 0.29) is 28.8 Å². The highest BCUT2D eigenvalue weighted by Gasteiger charge is 2.35. The van der Waals surface area contributed by atoms with Crippen molar-refractivity contribution in [3.63, 3.8) is 0 Å². The molecule has 1 aliphatic carbocycles. The van der Waals surface area contributed by atoms with Crippen LogP contribution in [0.4, 0.5) is 23.4 Å². The molecule has 0 aromatic carbocycles. The molecule has 0 radical (unpaired) electrons. The van der Waals surface area contributed by atoms with E-state index in [0.717, 1.165) is 42.3 Å². The zero-order chi connectivity index (χ0) is 18.3. The molecule has 136 valence electrons. The largest absolute Gasteiger partial charge is 0.431 e. The molecule has 0 spiro atoms. The molecule has 0 unspecified atom stereocenters. The molecule has 0 amide bonds. The molecule has 1 saturated carbocycles. The highest BCUT2D eigenvalue weighted by atomic mass is 19.4. The van der Waals surface area contributed by atoms with Crippen LogP contribution in [-0.4, -0.2) is 20.4 Å². The first kappa shape index (κ1) is 16.8. The maximum atomic E-state index is 14.3. The van der Waals surface area contributed by atoms with E-state index in [4.69, 9.17) is 0 Å². The molecule has 4 nitrogen and oxygen atoms in total. The van der Waals surface area contributed by atoms with Crippen LogP contribution in [-0.2, 0) is 6.18 Å². The fraction of sp³-hybridized carbons (Fsp3) is 0.333. The van der Waals surface area contributed by atoms with E-state index >= 15 is 0 Å². The van der Waals surface area contributed by atoms with Gasteiger partial charge in [0.05, 0.1) is 6.20 Å². The van der Waals surface area contributed by atoms with Gasteiger partial charge >= 0.3 is 6.18 Å². The predicted molar refractivity (Wildman–Crippen MR) is 89.3 cm³/mol. The van der Waals surface area contributed by atoms with Gasteiger partial charge in [-0.05, 0) is 31.0 Å². The number of anilines is 1. The zero-order valence-electron chi connectivity index (χ0n) is 13.7. The van der Waals surface area contributed by atoms with Gasteiger partial charge in [0.2, 0.25) is 0 Å². The minimum absolute atomic E-state index is 0.0415. The molecule has 0 atom stereocenters. The van der Waals surface area contributed by atoms with Crippen molar-refractivity contribution in [2.24, 2.45) is 0 Å². The third-order valence-electron chi connectivity index (χ3n) is 4.66. The van der Waals surface area contributed by atoms with Crippen LogP contribution in [0.5, 0.6) is 0 Å². The minimum atomic E-state index is -4.56. The molecule has 26 heavy (non-hydrogen) atoms. The van der Waals surface area contributed by atoms with Crippen molar-refractivity contribution in [2.45, 2.75) is 37.9 Å². The van der Waals surface area contributed by atoms with Crippen LogP contribution in [0.1, 0.15) is 31.4 Å². The summed E-state index contributed by atoms with van der Waals surface area (Å²) in [5.41, 5.74) is -0.443. The first-order valence-corrected chi connectivity index (χ1v) is 8.40. The van der Waals surface area contributed by atoms with Gasteiger partial charge in [0.25, 0.3) is 0 Å². The van der Waals surface area contributed by atoms with Gasteiger partial charge in [-0.15, -0.1) is 0 Å². The summed E-state index contributed by atoms with van der Waals surface area (Å²) >= 11 is 0. The van der Waals surface area contributed by atoms with E-state index in [2.05, 4.69) is 15.3 Å². The van der Waals surface area contributed by atoms with Crippen molar-refractivity contribution >= 4 is 11.5 Å². The summed E-state index contributed by atoms with van der Waals surface area (Å²) in [5.74, 6) is -0.455. The fourth-order valence-electron chi connectivity index (χ4n) is 3.47. The van der Waals surface area contributed by atoms with Gasteiger partial charge in [-0.2, -0.15) is 13.2 Å². The van der Waals surface area contributed by atoms with Gasteiger partial charge < -0.3 is 5.32 Å². The van der Waals surface area contributed by atoms with E-state index in [1.165, 1.54) is 24.4 Å². The van der Waals surface area contributed by atoms with Gasteiger partial charge in [0.15, 0.2) is 5.82 Å². The van der Waals surface area contributed by atoms with Gasteiger partial charge in [-0.1, -0.05) is 18.9 Å². The normalized spacial score (nSPS) is 15.7. The summed E-state index contributed by atoms with van der Waals surface area (Å²) in [4.78, 5) is 8.00. The van der Waals surface area contributed by atoms with Gasteiger partial charge in [-0.3, -0.25) is 9.38 Å². The van der Waals surface area contributed by atoms with Crippen LogP contribution in [0.15, 0.2) is 36.7 Å². The number of imidazole rings is 1. The summed E-state index contributed by atoms with van der Waals surface area (Å²) in [6, 6.07) is 5.25. The van der Waals surface area contributed by atoms with E-state index in [1.807, 2.05) is 0 Å². The van der Waals surface area contributed by atoms with E-state index in [0.29, 0.717) is 0 Å². The molecule has 3 aromatic rings. The third-order valence-corrected chi connectivity index (χ3v) is 4.66. The molecule has 3 aromatic heterocycles. The molecule has 0 saturated heterocycles. The molecule has 8 heteroatoms. The Balaban J connectivity index is 1.97. The minimum Gasteiger partial charge on any atom is -0.367 e. The molecule has 0 aliphatic heterocycles. The molecule has 3 heterocycles. The van der Waals surface area contributed by atoms with Crippen molar-refractivity contribution in [3.05, 3.63) is 48.2 Å². The molecule has 0 bridgehead atoms. The third kappa shape index (κ3) is 2.89. The van der Waals surface area contributed by atoms with Crippen molar-refractivity contribution in [1.82, 2.24) is 14.4 Å². The Hall–Kier alpha value is -2.64. The number of nitrogens with zero attached hydrogens (tertiary/aromatic N) is 3.